The van der Waals surface area contributed by atoms with E-state index in [0.29, 0.717) is 6.04 Å². The Kier molecular flexibility index (Phi) is 4.23. The van der Waals surface area contributed by atoms with Crippen molar-refractivity contribution in [3.8, 4) is 0 Å². The van der Waals surface area contributed by atoms with E-state index in [9.17, 15) is 0 Å². The maximum absolute atomic E-state index is 3.46. The summed E-state index contributed by atoms with van der Waals surface area (Å²) in [4.78, 5) is 0. The smallest absolute Gasteiger partial charge is 0.0170 e. The Morgan fingerprint density at radius 1 is 1.46 bits per heavy atom. The summed E-state index contributed by atoms with van der Waals surface area (Å²) in [5.74, 6) is 0. The second-order valence-electron chi connectivity index (χ2n) is 4.01. The Morgan fingerprint density at radius 3 is 2.85 bits per heavy atom. The van der Waals surface area contributed by atoms with Gasteiger partial charge in [-0.2, -0.15) is 0 Å². The minimum atomic E-state index is 0.594. The molecule has 1 N–H and O–H groups in total. The van der Waals surface area contributed by atoms with Crippen LogP contribution in [0.5, 0.6) is 0 Å². The zero-order valence-corrected chi connectivity index (χ0v) is 9.06. The highest BCUT2D eigenvalue weighted by molar-refractivity contribution is 5.28. The van der Waals surface area contributed by atoms with Crippen LogP contribution in [-0.2, 0) is 0 Å². The minimum Gasteiger partial charge on any atom is -0.311 e. The van der Waals surface area contributed by atoms with Crippen molar-refractivity contribution in [2.75, 3.05) is 6.54 Å². The average Bonchev–Trinajstić information content (AvgIpc) is 2.15. The van der Waals surface area contributed by atoms with E-state index < -0.39 is 0 Å². The van der Waals surface area contributed by atoms with Crippen LogP contribution in [0, 0.1) is 0 Å². The molecule has 0 aromatic carbocycles. The molecule has 0 bridgehead atoms. The van der Waals surface area contributed by atoms with Gasteiger partial charge < -0.3 is 5.32 Å². The van der Waals surface area contributed by atoms with E-state index in [2.05, 4.69) is 38.2 Å². The van der Waals surface area contributed by atoms with Gasteiger partial charge in [0.1, 0.15) is 0 Å². The molecule has 74 valence electrons. The maximum atomic E-state index is 3.46. The molecule has 0 atom stereocenters. The predicted octanol–water partition coefficient (Wildman–Crippen LogP) is 3.04. The van der Waals surface area contributed by atoms with Gasteiger partial charge >= 0.3 is 0 Å². The fraction of sp³-hybridized carbons (Fsp3) is 0.667. The summed E-state index contributed by atoms with van der Waals surface area (Å²) < 4.78 is 0. The lowest BCUT2D eigenvalue weighted by Gasteiger charge is -2.15. The first-order valence-electron chi connectivity index (χ1n) is 5.34. The molecule has 1 aliphatic rings. The van der Waals surface area contributed by atoms with E-state index >= 15 is 0 Å². The molecule has 0 aromatic heterocycles. The second kappa shape index (κ2) is 5.23. The largest absolute Gasteiger partial charge is 0.311 e. The van der Waals surface area contributed by atoms with Gasteiger partial charge in [0.05, 0.1) is 0 Å². The van der Waals surface area contributed by atoms with Gasteiger partial charge in [-0.1, -0.05) is 44.1 Å². The average molecular weight is 179 g/mol. The Morgan fingerprint density at radius 2 is 2.23 bits per heavy atom. The first kappa shape index (κ1) is 10.5. The van der Waals surface area contributed by atoms with Crippen molar-refractivity contribution < 1.29 is 0 Å². The third-order valence-corrected chi connectivity index (χ3v) is 2.41. The monoisotopic (exact) mass is 179 g/mol. The molecule has 1 nitrogen and oxygen atoms in total. The molecule has 0 aliphatic heterocycles. The van der Waals surface area contributed by atoms with Gasteiger partial charge in [-0.3, -0.25) is 0 Å². The summed E-state index contributed by atoms with van der Waals surface area (Å²) in [5.41, 5.74) is 3.07. The van der Waals surface area contributed by atoms with E-state index in [0.717, 1.165) is 6.54 Å². The fourth-order valence-corrected chi connectivity index (χ4v) is 1.56. The summed E-state index contributed by atoms with van der Waals surface area (Å²) in [5, 5.41) is 3.46. The van der Waals surface area contributed by atoms with Crippen molar-refractivity contribution in [2.45, 2.75) is 46.1 Å². The number of nitrogens with one attached hydrogen (secondary N) is 1. The van der Waals surface area contributed by atoms with E-state index in [1.54, 1.807) is 5.57 Å². The van der Waals surface area contributed by atoms with Gasteiger partial charge in [-0.05, 0) is 19.3 Å². The number of hydrogen-bond donors (Lipinski definition) is 1. The molecule has 0 spiro atoms. The zero-order chi connectivity index (χ0) is 9.68. The molecule has 0 unspecified atom stereocenters. The summed E-state index contributed by atoms with van der Waals surface area (Å²) in [6.07, 6.45) is 8.36. The van der Waals surface area contributed by atoms with Crippen molar-refractivity contribution >= 4 is 0 Å². The first-order valence-corrected chi connectivity index (χ1v) is 5.34. The highest BCUT2D eigenvalue weighted by Gasteiger charge is 2.04. The van der Waals surface area contributed by atoms with Crippen LogP contribution in [0.15, 0.2) is 23.3 Å². The van der Waals surface area contributed by atoms with E-state index in [1.807, 2.05) is 0 Å². The van der Waals surface area contributed by atoms with Gasteiger partial charge in [0, 0.05) is 12.6 Å². The summed E-state index contributed by atoms with van der Waals surface area (Å²) in [6, 6.07) is 0.594. The summed E-state index contributed by atoms with van der Waals surface area (Å²) in [6.45, 7) is 7.68. The standard InChI is InChI=1S/C12H21N/c1-4-11-6-5-7-12(8-11)9-13-10(2)3/h6,8,10,13H,4-5,7,9H2,1-3H3. The molecular weight excluding hydrogens is 158 g/mol. The molecule has 0 heterocycles. The highest BCUT2D eigenvalue weighted by atomic mass is 14.9. The minimum absolute atomic E-state index is 0.594. The lowest BCUT2D eigenvalue weighted by molar-refractivity contribution is 0.611. The molecular formula is C12H21N. The topological polar surface area (TPSA) is 12.0 Å². The van der Waals surface area contributed by atoms with Crippen LogP contribution >= 0.6 is 0 Å². The van der Waals surface area contributed by atoms with Gasteiger partial charge in [-0.25, -0.2) is 0 Å². The summed E-state index contributed by atoms with van der Waals surface area (Å²) >= 11 is 0. The van der Waals surface area contributed by atoms with Crippen LogP contribution in [0.25, 0.3) is 0 Å². The van der Waals surface area contributed by atoms with Crippen molar-refractivity contribution in [3.05, 3.63) is 23.3 Å². The zero-order valence-electron chi connectivity index (χ0n) is 9.06. The highest BCUT2D eigenvalue weighted by Crippen LogP contribution is 2.18. The fourth-order valence-electron chi connectivity index (χ4n) is 1.56. The van der Waals surface area contributed by atoms with Crippen LogP contribution in [0.1, 0.15) is 40.0 Å². The third-order valence-electron chi connectivity index (χ3n) is 2.41. The van der Waals surface area contributed by atoms with Crippen LogP contribution < -0.4 is 5.32 Å². The molecule has 0 aromatic rings. The molecule has 0 amide bonds. The quantitative estimate of drug-likeness (QED) is 0.699. The lowest BCUT2D eigenvalue weighted by Crippen LogP contribution is -2.25. The van der Waals surface area contributed by atoms with Crippen LogP contribution in [0.2, 0.25) is 0 Å². The Labute approximate surface area is 81.9 Å². The molecule has 0 radical (unpaired) electrons. The van der Waals surface area contributed by atoms with Crippen LogP contribution in [0.3, 0.4) is 0 Å². The van der Waals surface area contributed by atoms with Crippen molar-refractivity contribution in [1.82, 2.24) is 5.32 Å². The van der Waals surface area contributed by atoms with Crippen molar-refractivity contribution in [3.63, 3.8) is 0 Å². The molecule has 0 saturated carbocycles. The van der Waals surface area contributed by atoms with Crippen LogP contribution in [-0.4, -0.2) is 12.6 Å². The van der Waals surface area contributed by atoms with E-state index in [1.165, 1.54) is 24.8 Å². The third kappa shape index (κ3) is 3.77. The van der Waals surface area contributed by atoms with Gasteiger partial charge in [0.15, 0.2) is 0 Å². The molecule has 13 heavy (non-hydrogen) atoms. The van der Waals surface area contributed by atoms with Crippen molar-refractivity contribution in [2.24, 2.45) is 0 Å². The lowest BCUT2D eigenvalue weighted by atomic mass is 9.98. The summed E-state index contributed by atoms with van der Waals surface area (Å²) in [7, 11) is 0. The number of rotatable bonds is 4. The van der Waals surface area contributed by atoms with Crippen LogP contribution in [0.4, 0.5) is 0 Å². The predicted molar refractivity (Wildman–Crippen MR) is 58.8 cm³/mol. The van der Waals surface area contributed by atoms with E-state index in [4.69, 9.17) is 0 Å². The molecule has 0 fully saturated rings. The SMILES string of the molecule is CCC1=CCCC(CNC(C)C)=C1. The first-order chi connectivity index (χ1) is 6.22. The molecule has 1 rings (SSSR count). The Hall–Kier alpha value is -0.560. The van der Waals surface area contributed by atoms with Crippen molar-refractivity contribution in [1.29, 1.82) is 0 Å². The number of allylic oxidation sites excluding steroid dienone is 3. The molecule has 1 heteroatoms. The maximum Gasteiger partial charge on any atom is 0.0170 e. The molecule has 0 saturated heterocycles. The number of hydrogen-bond acceptors (Lipinski definition) is 1. The van der Waals surface area contributed by atoms with Gasteiger partial charge in [-0.15, -0.1) is 0 Å². The van der Waals surface area contributed by atoms with Gasteiger partial charge in [0.25, 0.3) is 0 Å². The molecule has 1 aliphatic carbocycles. The Balaban J connectivity index is 2.41. The van der Waals surface area contributed by atoms with E-state index in [-0.39, 0.29) is 0 Å². The normalized spacial score (nSPS) is 17.2. The Bertz CT molecular complexity index is 211. The van der Waals surface area contributed by atoms with Gasteiger partial charge in [0.2, 0.25) is 0 Å². The second-order valence-corrected chi connectivity index (χ2v) is 4.01.